The Balaban J connectivity index is 3.14. The number of aromatic hydroxyl groups is 1. The maximum absolute atomic E-state index is 11.1. The predicted molar refractivity (Wildman–Crippen MR) is 54.4 cm³/mol. The van der Waals surface area contributed by atoms with Crippen molar-refractivity contribution in [2.24, 2.45) is 5.41 Å². The highest BCUT2D eigenvalue weighted by molar-refractivity contribution is 5.10. The van der Waals surface area contributed by atoms with Crippen LogP contribution in [0.4, 0.5) is 0 Å². The number of hydrogen-bond acceptors (Lipinski definition) is 3. The van der Waals surface area contributed by atoms with Crippen LogP contribution in [-0.2, 0) is 0 Å². The Morgan fingerprint density at radius 2 is 2.07 bits per heavy atom. The zero-order valence-corrected chi connectivity index (χ0v) is 8.96. The molecule has 0 aliphatic carbocycles. The Morgan fingerprint density at radius 1 is 1.50 bits per heavy atom. The van der Waals surface area contributed by atoms with Crippen molar-refractivity contribution in [2.75, 3.05) is 0 Å². The quantitative estimate of drug-likeness (QED) is 0.717. The van der Waals surface area contributed by atoms with Gasteiger partial charge in [-0.3, -0.25) is 4.79 Å². The summed E-state index contributed by atoms with van der Waals surface area (Å²) in [7, 11) is 0. The van der Waals surface area contributed by atoms with Gasteiger partial charge in [-0.2, -0.15) is 4.98 Å². The molecule has 0 amide bonds. The lowest BCUT2D eigenvalue weighted by Crippen LogP contribution is -2.21. The SMILES string of the molecule is CC(c1nc(O)cc(=O)[nH]1)C(C)(C)C. The van der Waals surface area contributed by atoms with Gasteiger partial charge in [-0.15, -0.1) is 0 Å². The van der Waals surface area contributed by atoms with Crippen molar-refractivity contribution in [3.63, 3.8) is 0 Å². The first-order valence-electron chi connectivity index (χ1n) is 4.61. The molecule has 0 bridgehead atoms. The Labute approximate surface area is 83.0 Å². The molecular formula is C10H16N2O2. The highest BCUT2D eigenvalue weighted by Crippen LogP contribution is 2.32. The Bertz CT molecular complexity index is 376. The fourth-order valence-electron chi connectivity index (χ4n) is 1.08. The largest absolute Gasteiger partial charge is 0.493 e. The van der Waals surface area contributed by atoms with Crippen molar-refractivity contribution >= 4 is 0 Å². The standard InChI is InChI=1S/C10H16N2O2/c1-6(10(2,3)4)9-11-7(13)5-8(14)12-9/h5-6H,1-4H3,(H2,11,12,13,14). The fraction of sp³-hybridized carbons (Fsp3) is 0.600. The van der Waals surface area contributed by atoms with Gasteiger partial charge < -0.3 is 10.1 Å². The van der Waals surface area contributed by atoms with Gasteiger partial charge in [0.15, 0.2) is 0 Å². The molecule has 14 heavy (non-hydrogen) atoms. The molecular weight excluding hydrogens is 180 g/mol. The first-order chi connectivity index (χ1) is 6.30. The van der Waals surface area contributed by atoms with E-state index in [1.807, 2.05) is 6.92 Å². The number of aromatic amines is 1. The van der Waals surface area contributed by atoms with Crippen LogP contribution < -0.4 is 5.56 Å². The molecule has 2 N–H and O–H groups in total. The Morgan fingerprint density at radius 3 is 2.50 bits per heavy atom. The highest BCUT2D eigenvalue weighted by Gasteiger charge is 2.23. The van der Waals surface area contributed by atoms with Gasteiger partial charge in [-0.25, -0.2) is 0 Å². The molecule has 1 aromatic heterocycles. The van der Waals surface area contributed by atoms with E-state index < -0.39 is 0 Å². The van der Waals surface area contributed by atoms with Crippen LogP contribution in [0.25, 0.3) is 0 Å². The van der Waals surface area contributed by atoms with E-state index in [0.29, 0.717) is 5.82 Å². The molecule has 1 unspecified atom stereocenters. The minimum atomic E-state index is -0.316. The summed E-state index contributed by atoms with van der Waals surface area (Å²) in [4.78, 5) is 17.6. The van der Waals surface area contributed by atoms with Gasteiger partial charge in [-0.1, -0.05) is 27.7 Å². The molecule has 0 saturated carbocycles. The van der Waals surface area contributed by atoms with E-state index in [4.69, 9.17) is 0 Å². The number of rotatable bonds is 1. The van der Waals surface area contributed by atoms with E-state index in [1.165, 1.54) is 0 Å². The number of H-pyrrole nitrogens is 1. The third kappa shape index (κ3) is 2.34. The maximum atomic E-state index is 11.1. The summed E-state index contributed by atoms with van der Waals surface area (Å²) in [6, 6.07) is 1.07. The van der Waals surface area contributed by atoms with E-state index in [2.05, 4.69) is 30.7 Å². The Kier molecular flexibility index (Phi) is 2.64. The average molecular weight is 196 g/mol. The third-order valence-electron chi connectivity index (χ3n) is 2.46. The molecule has 1 rings (SSSR count). The molecule has 78 valence electrons. The number of aromatic nitrogens is 2. The molecule has 1 aromatic rings. The summed E-state index contributed by atoms with van der Waals surface area (Å²) >= 11 is 0. The van der Waals surface area contributed by atoms with Gasteiger partial charge >= 0.3 is 0 Å². The molecule has 0 aliphatic heterocycles. The number of hydrogen-bond donors (Lipinski definition) is 2. The van der Waals surface area contributed by atoms with E-state index in [-0.39, 0.29) is 22.8 Å². The second-order valence-corrected chi connectivity index (χ2v) is 4.58. The molecule has 0 spiro atoms. The monoisotopic (exact) mass is 196 g/mol. The average Bonchev–Trinajstić information content (AvgIpc) is 1.99. The van der Waals surface area contributed by atoms with E-state index in [0.717, 1.165) is 6.07 Å². The van der Waals surface area contributed by atoms with E-state index in [1.54, 1.807) is 0 Å². The zero-order chi connectivity index (χ0) is 10.9. The summed E-state index contributed by atoms with van der Waals surface area (Å²) in [5.41, 5.74) is -0.312. The minimum Gasteiger partial charge on any atom is -0.493 e. The van der Waals surface area contributed by atoms with Gasteiger partial charge in [0.25, 0.3) is 5.56 Å². The molecule has 4 heteroatoms. The normalized spacial score (nSPS) is 14.0. The van der Waals surface area contributed by atoms with Crippen LogP contribution >= 0.6 is 0 Å². The maximum Gasteiger partial charge on any atom is 0.254 e. The lowest BCUT2D eigenvalue weighted by atomic mass is 9.81. The first kappa shape index (κ1) is 10.8. The van der Waals surface area contributed by atoms with Crippen molar-refractivity contribution in [3.05, 3.63) is 22.2 Å². The van der Waals surface area contributed by atoms with Crippen LogP contribution in [0.15, 0.2) is 10.9 Å². The van der Waals surface area contributed by atoms with Crippen molar-refractivity contribution in [1.82, 2.24) is 9.97 Å². The lowest BCUT2D eigenvalue weighted by molar-refractivity contribution is 0.323. The molecule has 0 aromatic carbocycles. The molecule has 0 aliphatic rings. The lowest BCUT2D eigenvalue weighted by Gasteiger charge is -2.25. The topological polar surface area (TPSA) is 66.0 Å². The summed E-state index contributed by atoms with van der Waals surface area (Å²) in [6.45, 7) is 8.14. The Hall–Kier alpha value is -1.32. The van der Waals surface area contributed by atoms with Crippen molar-refractivity contribution in [3.8, 4) is 5.88 Å². The van der Waals surface area contributed by atoms with Crippen LogP contribution in [0, 0.1) is 5.41 Å². The third-order valence-corrected chi connectivity index (χ3v) is 2.46. The van der Waals surface area contributed by atoms with Crippen LogP contribution in [-0.4, -0.2) is 15.1 Å². The zero-order valence-electron chi connectivity index (χ0n) is 8.96. The molecule has 0 saturated heterocycles. The minimum absolute atomic E-state index is 0.00370. The highest BCUT2D eigenvalue weighted by atomic mass is 16.3. The van der Waals surface area contributed by atoms with Gasteiger partial charge in [-0.05, 0) is 5.41 Å². The fourth-order valence-corrected chi connectivity index (χ4v) is 1.08. The first-order valence-corrected chi connectivity index (χ1v) is 4.61. The summed E-state index contributed by atoms with van der Waals surface area (Å²) < 4.78 is 0. The van der Waals surface area contributed by atoms with Gasteiger partial charge in [0.05, 0.1) is 6.07 Å². The van der Waals surface area contributed by atoms with Gasteiger partial charge in [0.1, 0.15) is 5.82 Å². The predicted octanol–water partition coefficient (Wildman–Crippen LogP) is 1.63. The molecule has 0 radical (unpaired) electrons. The summed E-state index contributed by atoms with van der Waals surface area (Å²) in [6.07, 6.45) is 0. The van der Waals surface area contributed by atoms with E-state index in [9.17, 15) is 9.90 Å². The van der Waals surface area contributed by atoms with Crippen LogP contribution in [0.1, 0.15) is 39.4 Å². The van der Waals surface area contributed by atoms with Crippen molar-refractivity contribution in [1.29, 1.82) is 0 Å². The smallest absolute Gasteiger partial charge is 0.254 e. The second kappa shape index (κ2) is 3.44. The van der Waals surface area contributed by atoms with Gasteiger partial charge in [0, 0.05) is 5.92 Å². The van der Waals surface area contributed by atoms with Crippen LogP contribution in [0.5, 0.6) is 5.88 Å². The van der Waals surface area contributed by atoms with Crippen LogP contribution in [0.3, 0.4) is 0 Å². The summed E-state index contributed by atoms with van der Waals surface area (Å²) in [5.74, 6) is 0.393. The number of nitrogens with one attached hydrogen (secondary N) is 1. The number of nitrogens with zero attached hydrogens (tertiary/aromatic N) is 1. The molecule has 1 atom stereocenters. The van der Waals surface area contributed by atoms with E-state index >= 15 is 0 Å². The molecule has 1 heterocycles. The summed E-state index contributed by atoms with van der Waals surface area (Å²) in [5, 5.41) is 9.18. The second-order valence-electron chi connectivity index (χ2n) is 4.58. The molecule has 4 nitrogen and oxygen atoms in total. The molecule has 0 fully saturated rings. The van der Waals surface area contributed by atoms with Crippen molar-refractivity contribution < 1.29 is 5.11 Å². The van der Waals surface area contributed by atoms with Crippen molar-refractivity contribution in [2.45, 2.75) is 33.6 Å². The van der Waals surface area contributed by atoms with Gasteiger partial charge in [0.2, 0.25) is 5.88 Å². The van der Waals surface area contributed by atoms with Crippen LogP contribution in [0.2, 0.25) is 0 Å².